The number of ether oxygens (including phenoxy) is 1. The molecule has 0 spiro atoms. The number of para-hydroxylation sites is 1. The summed E-state index contributed by atoms with van der Waals surface area (Å²) in [6.45, 7) is 5.45. The average Bonchev–Trinajstić information content (AvgIpc) is 3.12. The third-order valence-corrected chi connectivity index (χ3v) is 5.09. The molecule has 1 N–H and O–H groups in total. The van der Waals surface area contributed by atoms with Crippen LogP contribution < -0.4 is 4.74 Å². The smallest absolute Gasteiger partial charge is 0.227 e. The molecule has 0 saturated carbocycles. The van der Waals surface area contributed by atoms with E-state index in [1.807, 2.05) is 73.3 Å². The summed E-state index contributed by atoms with van der Waals surface area (Å²) in [4.78, 5) is 14.6. The van der Waals surface area contributed by atoms with Crippen LogP contribution in [0.3, 0.4) is 0 Å². The molecule has 4 nitrogen and oxygen atoms in total. The first kappa shape index (κ1) is 18.5. The van der Waals surface area contributed by atoms with Crippen molar-refractivity contribution in [2.24, 2.45) is 5.92 Å². The number of likely N-dealkylation sites (tertiary alicyclic amines) is 1. The monoisotopic (exact) mass is 353 g/mol. The maximum atomic E-state index is 12.7. The van der Waals surface area contributed by atoms with Gasteiger partial charge in [-0.15, -0.1) is 0 Å². The zero-order valence-electron chi connectivity index (χ0n) is 15.5. The summed E-state index contributed by atoms with van der Waals surface area (Å²) in [5.41, 5.74) is 1.26. The molecule has 0 aromatic heterocycles. The molecule has 1 heterocycles. The number of aliphatic hydroxyl groups is 1. The molecule has 1 aliphatic rings. The summed E-state index contributed by atoms with van der Waals surface area (Å²) in [6.07, 6.45) is 1.17. The van der Waals surface area contributed by atoms with Gasteiger partial charge in [0, 0.05) is 24.6 Å². The molecule has 0 aliphatic carbocycles. The van der Waals surface area contributed by atoms with Crippen LogP contribution in [-0.4, -0.2) is 34.6 Å². The van der Waals surface area contributed by atoms with Gasteiger partial charge in [0.15, 0.2) is 0 Å². The molecule has 1 atom stereocenters. The Morgan fingerprint density at radius 3 is 2.54 bits per heavy atom. The fraction of sp³-hybridized carbons (Fsp3) is 0.409. The van der Waals surface area contributed by atoms with Crippen LogP contribution in [0.15, 0.2) is 54.6 Å². The van der Waals surface area contributed by atoms with E-state index >= 15 is 0 Å². The molecule has 1 unspecified atom stereocenters. The minimum atomic E-state index is -0.744. The maximum Gasteiger partial charge on any atom is 0.227 e. The molecule has 4 heteroatoms. The Hall–Kier alpha value is -2.33. The highest BCUT2D eigenvalue weighted by atomic mass is 16.5. The summed E-state index contributed by atoms with van der Waals surface area (Å²) in [5.74, 6) is 0.978. The van der Waals surface area contributed by atoms with Crippen LogP contribution in [0.25, 0.3) is 0 Å². The number of rotatable bonds is 6. The first-order valence-electron chi connectivity index (χ1n) is 9.18. The second-order valence-electron chi connectivity index (χ2n) is 7.54. The predicted molar refractivity (Wildman–Crippen MR) is 102 cm³/mol. The molecular weight excluding hydrogens is 326 g/mol. The van der Waals surface area contributed by atoms with Crippen LogP contribution in [-0.2, 0) is 17.8 Å². The molecule has 138 valence electrons. The lowest BCUT2D eigenvalue weighted by Gasteiger charge is -2.25. The number of hydrogen-bond donors (Lipinski definition) is 1. The lowest BCUT2D eigenvalue weighted by atomic mass is 9.90. The van der Waals surface area contributed by atoms with Crippen LogP contribution in [0.4, 0.5) is 0 Å². The predicted octanol–water partition coefficient (Wildman–Crippen LogP) is 3.43. The largest absolute Gasteiger partial charge is 0.489 e. The van der Waals surface area contributed by atoms with Crippen LogP contribution in [0.2, 0.25) is 0 Å². The Labute approximate surface area is 155 Å². The van der Waals surface area contributed by atoms with Gasteiger partial charge in [0.1, 0.15) is 12.4 Å². The summed E-state index contributed by atoms with van der Waals surface area (Å²) in [5, 5.41) is 10.2. The lowest BCUT2D eigenvalue weighted by Crippen LogP contribution is -2.36. The van der Waals surface area contributed by atoms with Crippen molar-refractivity contribution in [2.45, 2.75) is 38.9 Å². The molecule has 1 saturated heterocycles. The van der Waals surface area contributed by atoms with Gasteiger partial charge in [-0.3, -0.25) is 4.79 Å². The van der Waals surface area contributed by atoms with Crippen molar-refractivity contribution in [3.63, 3.8) is 0 Å². The van der Waals surface area contributed by atoms with E-state index in [9.17, 15) is 9.90 Å². The van der Waals surface area contributed by atoms with Crippen molar-refractivity contribution in [3.8, 4) is 5.75 Å². The van der Waals surface area contributed by atoms with E-state index in [0.717, 1.165) is 23.3 Å². The fourth-order valence-corrected chi connectivity index (χ4v) is 3.36. The molecule has 2 aromatic rings. The van der Waals surface area contributed by atoms with Crippen molar-refractivity contribution in [1.82, 2.24) is 4.90 Å². The maximum absolute atomic E-state index is 12.7. The van der Waals surface area contributed by atoms with Gasteiger partial charge >= 0.3 is 0 Å². The highest BCUT2D eigenvalue weighted by Gasteiger charge is 2.35. The Bertz CT molecular complexity index is 737. The number of amides is 1. The second-order valence-corrected chi connectivity index (χ2v) is 7.54. The lowest BCUT2D eigenvalue weighted by molar-refractivity contribution is -0.129. The molecule has 1 fully saturated rings. The van der Waals surface area contributed by atoms with Gasteiger partial charge in [0.05, 0.1) is 12.0 Å². The molecular formula is C22H27NO3. The van der Waals surface area contributed by atoms with Gasteiger partial charge in [0.2, 0.25) is 5.91 Å². The Morgan fingerprint density at radius 2 is 1.85 bits per heavy atom. The minimum absolute atomic E-state index is 0.0903. The van der Waals surface area contributed by atoms with Crippen molar-refractivity contribution >= 4 is 5.91 Å². The SMILES string of the molecule is CC(C)(O)C1CCN(C(=O)Cc2ccccc2OCc2ccccc2)C1. The Kier molecular flexibility index (Phi) is 5.62. The number of carbonyl (C=O) groups excluding carboxylic acids is 1. The summed E-state index contributed by atoms with van der Waals surface area (Å²) in [6, 6.07) is 17.7. The summed E-state index contributed by atoms with van der Waals surface area (Å²) >= 11 is 0. The van der Waals surface area contributed by atoms with Gasteiger partial charge < -0.3 is 14.7 Å². The molecule has 1 amide bonds. The first-order valence-corrected chi connectivity index (χ1v) is 9.18. The number of hydrogen-bond acceptors (Lipinski definition) is 3. The fourth-order valence-electron chi connectivity index (χ4n) is 3.36. The van der Waals surface area contributed by atoms with Crippen molar-refractivity contribution < 1.29 is 14.6 Å². The number of benzene rings is 2. The van der Waals surface area contributed by atoms with Gasteiger partial charge in [-0.05, 0) is 31.9 Å². The van der Waals surface area contributed by atoms with E-state index < -0.39 is 5.60 Å². The third kappa shape index (κ3) is 4.64. The van der Waals surface area contributed by atoms with E-state index in [-0.39, 0.29) is 11.8 Å². The Balaban J connectivity index is 1.62. The van der Waals surface area contributed by atoms with Gasteiger partial charge in [-0.2, -0.15) is 0 Å². The van der Waals surface area contributed by atoms with Crippen molar-refractivity contribution in [2.75, 3.05) is 13.1 Å². The molecule has 26 heavy (non-hydrogen) atoms. The minimum Gasteiger partial charge on any atom is -0.489 e. The molecule has 2 aromatic carbocycles. The number of carbonyl (C=O) groups is 1. The topological polar surface area (TPSA) is 49.8 Å². The van der Waals surface area contributed by atoms with Gasteiger partial charge in [-0.1, -0.05) is 48.5 Å². The van der Waals surface area contributed by atoms with Crippen LogP contribution in [0, 0.1) is 5.92 Å². The molecule has 0 bridgehead atoms. The highest BCUT2D eigenvalue weighted by molar-refractivity contribution is 5.79. The van der Waals surface area contributed by atoms with E-state index in [0.29, 0.717) is 26.1 Å². The zero-order valence-corrected chi connectivity index (χ0v) is 15.5. The standard InChI is InChI=1S/C22H27NO3/c1-22(2,25)19-12-13-23(15-19)21(24)14-18-10-6-7-11-20(18)26-16-17-8-4-3-5-9-17/h3-11,19,25H,12-16H2,1-2H3. The quantitative estimate of drug-likeness (QED) is 0.866. The van der Waals surface area contributed by atoms with E-state index in [1.54, 1.807) is 0 Å². The van der Waals surface area contributed by atoms with Crippen LogP contribution in [0.1, 0.15) is 31.4 Å². The molecule has 1 aliphatic heterocycles. The highest BCUT2D eigenvalue weighted by Crippen LogP contribution is 2.28. The Morgan fingerprint density at radius 1 is 1.15 bits per heavy atom. The van der Waals surface area contributed by atoms with Crippen LogP contribution in [0.5, 0.6) is 5.75 Å². The third-order valence-electron chi connectivity index (χ3n) is 5.09. The molecule has 3 rings (SSSR count). The average molecular weight is 353 g/mol. The van der Waals surface area contributed by atoms with Gasteiger partial charge in [-0.25, -0.2) is 0 Å². The zero-order chi connectivity index (χ0) is 18.6. The number of nitrogens with zero attached hydrogens (tertiary/aromatic N) is 1. The van der Waals surface area contributed by atoms with E-state index in [4.69, 9.17) is 4.74 Å². The van der Waals surface area contributed by atoms with Crippen molar-refractivity contribution in [3.05, 3.63) is 65.7 Å². The molecule has 0 radical (unpaired) electrons. The van der Waals surface area contributed by atoms with E-state index in [2.05, 4.69) is 0 Å². The normalized spacial score (nSPS) is 17.3. The summed E-state index contributed by atoms with van der Waals surface area (Å²) < 4.78 is 5.95. The summed E-state index contributed by atoms with van der Waals surface area (Å²) in [7, 11) is 0. The van der Waals surface area contributed by atoms with Gasteiger partial charge in [0.25, 0.3) is 0 Å². The second kappa shape index (κ2) is 7.92. The van der Waals surface area contributed by atoms with Crippen molar-refractivity contribution in [1.29, 1.82) is 0 Å². The van der Waals surface area contributed by atoms with E-state index in [1.165, 1.54) is 0 Å². The first-order chi connectivity index (χ1) is 12.4. The van der Waals surface area contributed by atoms with Crippen LogP contribution >= 0.6 is 0 Å².